The van der Waals surface area contributed by atoms with Gasteiger partial charge in [0.2, 0.25) is 0 Å². The highest BCUT2D eigenvalue weighted by Gasteiger charge is 2.82. The van der Waals surface area contributed by atoms with Gasteiger partial charge >= 0.3 is 47.9 Å². The molecule has 1 nitrogen and oxygen atoms in total. The second-order valence-corrected chi connectivity index (χ2v) is 8.04. The first kappa shape index (κ1) is 35.3. The average molecular weight is 654 g/mol. The molecule has 236 valence electrons. The van der Waals surface area contributed by atoms with E-state index in [0.29, 0.717) is 12.1 Å². The number of para-hydroxylation sites is 2. The molecule has 2 aromatic rings. The quantitative estimate of drug-likeness (QED) is 0.223. The van der Waals surface area contributed by atoms with Crippen molar-refractivity contribution in [2.24, 2.45) is 0 Å². The number of hydrogen-bond donors (Lipinski definition) is 0. The lowest BCUT2D eigenvalue weighted by molar-refractivity contribution is -0.386. The molecule has 0 saturated carbocycles. The summed E-state index contributed by atoms with van der Waals surface area (Å²) in [6.07, 6.45) is -14.3. The molecule has 2 rings (SSSR count). The highest BCUT2D eigenvalue weighted by Crippen LogP contribution is 2.54. The van der Waals surface area contributed by atoms with Gasteiger partial charge in [-0.3, -0.25) is 0 Å². The molecule has 0 aliphatic carbocycles. The van der Waals surface area contributed by atoms with Gasteiger partial charge in [0.25, 0.3) is 0 Å². The van der Waals surface area contributed by atoms with Crippen molar-refractivity contribution in [3.8, 4) is 35.2 Å². The van der Waals surface area contributed by atoms with Crippen LogP contribution in [0.4, 0.5) is 79.0 Å². The van der Waals surface area contributed by atoms with Crippen LogP contribution in [0.5, 0.6) is 11.5 Å². The largest absolute Gasteiger partial charge is 0.460 e. The lowest BCUT2D eigenvalue weighted by atomic mass is 10.0. The van der Waals surface area contributed by atoms with Gasteiger partial charge < -0.3 is 4.74 Å². The van der Waals surface area contributed by atoms with Crippen molar-refractivity contribution in [2.45, 2.75) is 47.9 Å². The van der Waals surface area contributed by atoms with E-state index in [1.807, 2.05) is 0 Å². The molecule has 0 saturated heterocycles. The Kier molecular flexibility index (Phi) is 9.02. The minimum absolute atomic E-state index is 0.256. The molecule has 0 N–H and O–H groups in total. The molecule has 0 spiro atoms. The predicted molar refractivity (Wildman–Crippen MR) is 109 cm³/mol. The maximum Gasteiger partial charge on any atom is 0.460 e. The summed E-state index contributed by atoms with van der Waals surface area (Å²) in [5.41, 5.74) is -1.89. The van der Waals surface area contributed by atoms with Crippen LogP contribution in [0.3, 0.4) is 0 Å². The zero-order valence-corrected chi connectivity index (χ0v) is 19.8. The number of hydrogen-bond acceptors (Lipinski definition) is 1. The number of alkyl halides is 18. The van der Waals surface area contributed by atoms with Crippen LogP contribution < -0.4 is 4.74 Å². The highest BCUT2D eigenvalue weighted by atomic mass is 19.4. The van der Waals surface area contributed by atoms with E-state index >= 15 is 0 Å². The van der Waals surface area contributed by atoms with E-state index in [9.17, 15) is 79.0 Å². The van der Waals surface area contributed by atoms with E-state index in [1.54, 1.807) is 0 Å². The minimum Gasteiger partial charge on any atom is -0.455 e. The summed E-state index contributed by atoms with van der Waals surface area (Å²) in [7, 11) is 0. The average Bonchev–Trinajstić information content (AvgIpc) is 2.86. The molecule has 0 amide bonds. The van der Waals surface area contributed by atoms with Gasteiger partial charge in [0.15, 0.2) is 0 Å². The third-order valence-electron chi connectivity index (χ3n) is 4.99. The van der Waals surface area contributed by atoms with Crippen molar-refractivity contribution in [3.05, 3.63) is 59.7 Å². The fraction of sp³-hybridized carbons (Fsp3) is 0.333. The Bertz CT molecular complexity index is 1340. The Hall–Kier alpha value is -3.90. The second-order valence-electron chi connectivity index (χ2n) is 8.04. The normalized spacial score (nSPS) is 13.9. The van der Waals surface area contributed by atoms with Gasteiger partial charge in [0, 0.05) is 0 Å². The Morgan fingerprint density at radius 3 is 0.953 bits per heavy atom. The molecular weight excluding hydrogens is 646 g/mol. The highest BCUT2D eigenvalue weighted by molar-refractivity contribution is 5.53. The van der Waals surface area contributed by atoms with Crippen LogP contribution in [0.1, 0.15) is 11.1 Å². The van der Waals surface area contributed by atoms with Crippen molar-refractivity contribution in [3.63, 3.8) is 0 Å². The van der Waals surface area contributed by atoms with Crippen LogP contribution in [0.2, 0.25) is 0 Å². The topological polar surface area (TPSA) is 9.23 Å². The fourth-order valence-corrected chi connectivity index (χ4v) is 2.64. The molecule has 0 aliphatic heterocycles. The third kappa shape index (κ3) is 6.40. The van der Waals surface area contributed by atoms with Crippen molar-refractivity contribution in [1.29, 1.82) is 0 Å². The lowest BCUT2D eigenvalue weighted by Crippen LogP contribution is -2.60. The molecule has 19 heteroatoms. The summed E-state index contributed by atoms with van der Waals surface area (Å²) in [6, 6.07) is 6.64. The SMILES string of the molecule is FC(F)(F)C(F)(F)C(F)(F)C(F)(F)C#Cc1ccccc1Oc1ccccc1C#CC(F)(F)C(F)(F)C(F)(F)C(F)(F)F. The molecule has 0 bridgehead atoms. The number of benzene rings is 2. The Morgan fingerprint density at radius 2 is 0.674 bits per heavy atom. The van der Waals surface area contributed by atoms with Crippen LogP contribution in [-0.4, -0.2) is 47.9 Å². The molecule has 0 heterocycles. The van der Waals surface area contributed by atoms with Crippen LogP contribution in [0.15, 0.2) is 48.5 Å². The predicted octanol–water partition coefficient (Wildman–Crippen LogP) is 9.12. The first-order chi connectivity index (χ1) is 19.1. The fourth-order valence-electron chi connectivity index (χ4n) is 2.64. The first-order valence-electron chi connectivity index (χ1n) is 10.5. The Morgan fingerprint density at radius 1 is 0.395 bits per heavy atom. The third-order valence-corrected chi connectivity index (χ3v) is 4.99. The van der Waals surface area contributed by atoms with Crippen molar-refractivity contribution < 1.29 is 83.8 Å². The van der Waals surface area contributed by atoms with E-state index in [1.165, 1.54) is 11.8 Å². The summed E-state index contributed by atoms with van der Waals surface area (Å²) in [5, 5.41) is 0. The van der Waals surface area contributed by atoms with Crippen molar-refractivity contribution in [1.82, 2.24) is 0 Å². The molecule has 0 atom stereocenters. The van der Waals surface area contributed by atoms with Crippen LogP contribution in [-0.2, 0) is 0 Å². The summed E-state index contributed by atoms with van der Waals surface area (Å²) in [4.78, 5) is 0. The zero-order valence-electron chi connectivity index (χ0n) is 19.8. The summed E-state index contributed by atoms with van der Waals surface area (Å²) in [5.74, 6) is -40.2. The van der Waals surface area contributed by atoms with Gasteiger partial charge in [-0.25, -0.2) is 0 Å². The summed E-state index contributed by atoms with van der Waals surface area (Å²) >= 11 is 0. The molecule has 0 fully saturated rings. The molecular formula is C24H8F18O. The zero-order chi connectivity index (χ0) is 33.5. The summed E-state index contributed by atoms with van der Waals surface area (Å²) < 4.78 is 240. The standard InChI is InChI=1S/C24H8F18O/c25-17(26,19(29,30)21(33,34)23(37,38)39)11-9-13-5-1-3-7-15(13)43-16-8-4-2-6-14(16)10-12-18(27,28)20(31,32)22(35,36)24(40,41)42/h1-8H. The van der Waals surface area contributed by atoms with Crippen LogP contribution in [0, 0.1) is 23.7 Å². The summed E-state index contributed by atoms with van der Waals surface area (Å²) in [6.45, 7) is 0. The van der Waals surface area contributed by atoms with Crippen molar-refractivity contribution >= 4 is 0 Å². The van der Waals surface area contributed by atoms with Gasteiger partial charge in [-0.1, -0.05) is 36.1 Å². The molecule has 43 heavy (non-hydrogen) atoms. The molecule has 0 unspecified atom stereocenters. The first-order valence-corrected chi connectivity index (χ1v) is 10.5. The van der Waals surface area contributed by atoms with Gasteiger partial charge in [-0.15, -0.1) is 0 Å². The Balaban J connectivity index is 2.52. The van der Waals surface area contributed by atoms with E-state index in [4.69, 9.17) is 4.74 Å². The van der Waals surface area contributed by atoms with Gasteiger partial charge in [-0.05, 0) is 36.1 Å². The minimum atomic E-state index is -7.26. The van der Waals surface area contributed by atoms with E-state index in [2.05, 4.69) is 0 Å². The maximum atomic E-state index is 13.8. The molecule has 2 aromatic carbocycles. The van der Waals surface area contributed by atoms with Gasteiger partial charge in [0.05, 0.1) is 11.1 Å². The molecule has 0 radical (unpaired) electrons. The smallest absolute Gasteiger partial charge is 0.455 e. The Labute approximate surface area is 227 Å². The van der Waals surface area contributed by atoms with Crippen LogP contribution in [0.25, 0.3) is 0 Å². The monoisotopic (exact) mass is 654 g/mol. The van der Waals surface area contributed by atoms with Crippen LogP contribution >= 0.6 is 0 Å². The molecule has 0 aliphatic rings. The second kappa shape index (κ2) is 11.0. The molecule has 0 aromatic heterocycles. The van der Waals surface area contributed by atoms with E-state index in [-0.39, 0.29) is 11.8 Å². The maximum absolute atomic E-state index is 13.8. The number of rotatable bonds is 6. The van der Waals surface area contributed by atoms with E-state index in [0.717, 1.165) is 36.4 Å². The number of halogens is 18. The lowest BCUT2D eigenvalue weighted by Gasteiger charge is -2.31. The van der Waals surface area contributed by atoms with Crippen molar-refractivity contribution in [2.75, 3.05) is 0 Å². The van der Waals surface area contributed by atoms with Gasteiger partial charge in [-0.2, -0.15) is 79.0 Å². The van der Waals surface area contributed by atoms with E-state index < -0.39 is 70.5 Å². The number of ether oxygens (including phenoxy) is 1. The van der Waals surface area contributed by atoms with Gasteiger partial charge in [0.1, 0.15) is 11.5 Å².